The lowest BCUT2D eigenvalue weighted by Crippen LogP contribution is -2.36. The van der Waals surface area contributed by atoms with Gasteiger partial charge < -0.3 is 15.2 Å². The van der Waals surface area contributed by atoms with Crippen LogP contribution in [-0.4, -0.2) is 36.0 Å². The van der Waals surface area contributed by atoms with E-state index >= 15 is 0 Å². The number of aliphatic hydroxyl groups is 1. The fourth-order valence-electron chi connectivity index (χ4n) is 2.97. The number of carbonyl (C=O) groups excluding carboxylic acids is 2. The van der Waals surface area contributed by atoms with E-state index in [9.17, 15) is 14.7 Å². The van der Waals surface area contributed by atoms with E-state index in [4.69, 9.17) is 10.3 Å². The quantitative estimate of drug-likeness (QED) is 0.252. The topological polar surface area (TPSA) is 124 Å². The Morgan fingerprint density at radius 1 is 1.44 bits per heavy atom. The molecular formula is C17H22N4O4. The zero-order valence-electron chi connectivity index (χ0n) is 14.6. The molecule has 2 rings (SSSR count). The number of ketones is 1. The summed E-state index contributed by atoms with van der Waals surface area (Å²) in [5.74, 6) is -1.47. The molecule has 0 unspecified atom stereocenters. The van der Waals surface area contributed by atoms with Gasteiger partial charge in [-0.05, 0) is 43.4 Å². The lowest BCUT2D eigenvalue weighted by molar-refractivity contribution is -0.121. The van der Waals surface area contributed by atoms with Crippen molar-refractivity contribution >= 4 is 11.7 Å². The number of hydrogen-bond donors (Lipinski definition) is 2. The number of nitrogens with one attached hydrogen (secondary N) is 1. The molecule has 1 heterocycles. The largest absolute Gasteiger partial charge is 0.507 e. The maximum atomic E-state index is 12.7. The Bertz CT molecular complexity index is 729. The van der Waals surface area contributed by atoms with Crippen molar-refractivity contribution in [3.63, 3.8) is 0 Å². The van der Waals surface area contributed by atoms with Crippen LogP contribution in [0.25, 0.3) is 10.4 Å². The van der Waals surface area contributed by atoms with Gasteiger partial charge in [0.05, 0.1) is 11.8 Å². The number of ether oxygens (including phenoxy) is 1. The van der Waals surface area contributed by atoms with Crippen LogP contribution in [0.4, 0.5) is 0 Å². The Hall–Kier alpha value is -2.73. The number of Topliss-reactive ketones (excluding diaryl/α,β-unsaturated/α-hetero) is 1. The maximum absolute atomic E-state index is 12.7. The van der Waals surface area contributed by atoms with E-state index in [0.717, 1.165) is 5.57 Å². The number of amides is 1. The Morgan fingerprint density at radius 2 is 2.16 bits per heavy atom. The highest BCUT2D eigenvalue weighted by atomic mass is 16.5. The first-order valence-corrected chi connectivity index (χ1v) is 8.24. The minimum atomic E-state index is -0.614. The van der Waals surface area contributed by atoms with Crippen molar-refractivity contribution in [2.75, 3.05) is 13.1 Å². The molecule has 8 nitrogen and oxygen atoms in total. The summed E-state index contributed by atoms with van der Waals surface area (Å²) in [6.45, 7) is 6.19. The molecule has 0 spiro atoms. The highest BCUT2D eigenvalue weighted by Gasteiger charge is 2.39. The number of aliphatic hydroxyl groups excluding tert-OH is 1. The molecule has 2 aliphatic rings. The first-order chi connectivity index (χ1) is 11.9. The van der Waals surface area contributed by atoms with Crippen LogP contribution in [0.3, 0.4) is 0 Å². The second-order valence-corrected chi connectivity index (χ2v) is 6.17. The zero-order chi connectivity index (χ0) is 18.6. The molecular weight excluding hydrogens is 324 g/mol. The van der Waals surface area contributed by atoms with Crippen molar-refractivity contribution in [3.05, 3.63) is 44.8 Å². The van der Waals surface area contributed by atoms with E-state index in [1.807, 2.05) is 13.8 Å². The van der Waals surface area contributed by atoms with Crippen LogP contribution in [0, 0.1) is 5.92 Å². The van der Waals surface area contributed by atoms with Gasteiger partial charge in [-0.25, -0.2) is 0 Å². The second-order valence-electron chi connectivity index (χ2n) is 6.17. The molecule has 0 aromatic heterocycles. The molecule has 0 aromatic carbocycles. The molecule has 2 N–H and O–H groups in total. The van der Waals surface area contributed by atoms with E-state index in [0.29, 0.717) is 37.1 Å². The molecule has 1 aliphatic carbocycles. The van der Waals surface area contributed by atoms with Gasteiger partial charge in [-0.3, -0.25) is 9.59 Å². The third kappa shape index (κ3) is 3.69. The van der Waals surface area contributed by atoms with Gasteiger partial charge in [-0.15, -0.1) is 0 Å². The van der Waals surface area contributed by atoms with Crippen LogP contribution in [-0.2, 0) is 14.3 Å². The van der Waals surface area contributed by atoms with Crippen molar-refractivity contribution in [1.82, 2.24) is 5.32 Å². The Morgan fingerprint density at radius 3 is 2.84 bits per heavy atom. The van der Waals surface area contributed by atoms with Crippen molar-refractivity contribution < 1.29 is 19.4 Å². The maximum Gasteiger partial charge on any atom is 0.259 e. The van der Waals surface area contributed by atoms with Gasteiger partial charge in [-0.2, -0.15) is 0 Å². The number of rotatable bonds is 6. The summed E-state index contributed by atoms with van der Waals surface area (Å²) in [4.78, 5) is 27.7. The molecule has 25 heavy (non-hydrogen) atoms. The molecule has 134 valence electrons. The van der Waals surface area contributed by atoms with Crippen molar-refractivity contribution in [1.29, 1.82) is 0 Å². The fraction of sp³-hybridized carbons (Fsp3) is 0.529. The number of unbranched alkanes of at least 4 members (excludes halogenated alkanes) is 1. The third-order valence-corrected chi connectivity index (χ3v) is 4.58. The summed E-state index contributed by atoms with van der Waals surface area (Å²) in [7, 11) is 0. The van der Waals surface area contributed by atoms with Crippen LogP contribution in [0.2, 0.25) is 0 Å². The third-order valence-electron chi connectivity index (χ3n) is 4.58. The number of nitrogens with zero attached hydrogens (tertiary/aromatic N) is 3. The SMILES string of the molecule is CC1=C2C(=CO[C@H](C)[C@H]2C)C(=O)C(C(=O)NCCCCN=[N+]=[N-])=C1O. The highest BCUT2D eigenvalue weighted by molar-refractivity contribution is 6.28. The Balaban J connectivity index is 2.16. The van der Waals surface area contributed by atoms with E-state index in [1.165, 1.54) is 6.26 Å². The predicted octanol–water partition coefficient (Wildman–Crippen LogP) is 2.84. The molecule has 0 radical (unpaired) electrons. The van der Waals surface area contributed by atoms with Gasteiger partial charge in [0.15, 0.2) is 0 Å². The van der Waals surface area contributed by atoms with Gasteiger partial charge in [0, 0.05) is 23.9 Å². The predicted molar refractivity (Wildman–Crippen MR) is 91.4 cm³/mol. The van der Waals surface area contributed by atoms with Crippen molar-refractivity contribution in [2.45, 2.75) is 39.7 Å². The number of hydrogen-bond acceptors (Lipinski definition) is 5. The minimum Gasteiger partial charge on any atom is -0.507 e. The van der Waals surface area contributed by atoms with Gasteiger partial charge >= 0.3 is 0 Å². The van der Waals surface area contributed by atoms with E-state index in [2.05, 4.69) is 15.3 Å². The van der Waals surface area contributed by atoms with Gasteiger partial charge in [0.1, 0.15) is 17.4 Å². The molecule has 0 saturated carbocycles. The van der Waals surface area contributed by atoms with Crippen LogP contribution >= 0.6 is 0 Å². The number of carbonyl (C=O) groups is 2. The summed E-state index contributed by atoms with van der Waals surface area (Å²) < 4.78 is 5.48. The molecule has 0 saturated heterocycles. The molecule has 0 aromatic rings. The number of fused-ring (bicyclic) bond motifs is 1. The number of allylic oxidation sites excluding steroid dienone is 2. The monoisotopic (exact) mass is 346 g/mol. The lowest BCUT2D eigenvalue weighted by Gasteiger charge is -2.33. The Labute approximate surface area is 145 Å². The average molecular weight is 346 g/mol. The van der Waals surface area contributed by atoms with Crippen LogP contribution in [0.1, 0.15) is 33.6 Å². The highest BCUT2D eigenvalue weighted by Crippen LogP contribution is 2.39. The van der Waals surface area contributed by atoms with Crippen LogP contribution in [0.15, 0.2) is 39.4 Å². The molecule has 0 bridgehead atoms. The van der Waals surface area contributed by atoms with E-state index in [1.54, 1.807) is 6.92 Å². The first kappa shape index (κ1) is 18.6. The van der Waals surface area contributed by atoms with Gasteiger partial charge in [0.25, 0.3) is 5.91 Å². The molecule has 1 amide bonds. The normalized spacial score (nSPS) is 22.7. The summed E-state index contributed by atoms with van der Waals surface area (Å²) >= 11 is 0. The summed E-state index contributed by atoms with van der Waals surface area (Å²) in [5.41, 5.74) is 9.52. The van der Waals surface area contributed by atoms with Crippen LogP contribution < -0.4 is 5.32 Å². The molecule has 2 atom stereocenters. The fourth-order valence-corrected chi connectivity index (χ4v) is 2.97. The summed E-state index contributed by atoms with van der Waals surface area (Å²) in [6, 6.07) is 0. The summed E-state index contributed by atoms with van der Waals surface area (Å²) in [6.07, 6.45) is 2.50. The zero-order valence-corrected chi connectivity index (χ0v) is 14.6. The van der Waals surface area contributed by atoms with Gasteiger partial charge in [-0.1, -0.05) is 12.0 Å². The Kier molecular flexibility index (Phi) is 5.88. The second kappa shape index (κ2) is 7.90. The molecule has 1 aliphatic heterocycles. The summed E-state index contributed by atoms with van der Waals surface area (Å²) in [5, 5.41) is 16.4. The van der Waals surface area contributed by atoms with E-state index < -0.39 is 11.7 Å². The molecule has 0 fully saturated rings. The first-order valence-electron chi connectivity index (χ1n) is 8.24. The van der Waals surface area contributed by atoms with Gasteiger partial charge in [0.2, 0.25) is 5.78 Å². The smallest absolute Gasteiger partial charge is 0.259 e. The molecule has 8 heteroatoms. The van der Waals surface area contributed by atoms with Crippen molar-refractivity contribution in [3.8, 4) is 0 Å². The van der Waals surface area contributed by atoms with E-state index in [-0.39, 0.29) is 23.4 Å². The van der Waals surface area contributed by atoms with Crippen molar-refractivity contribution in [2.24, 2.45) is 11.0 Å². The number of azide groups is 1. The standard InChI is InChI=1S/C17H22N4O4/c1-9-11(3)25-8-12-13(9)10(2)15(22)14(16(12)23)17(24)19-6-4-5-7-20-21-18/h8-9,11,22H,4-7H2,1-3H3,(H,19,24)/t9-,11-/m1/s1. The lowest BCUT2D eigenvalue weighted by atomic mass is 9.77. The average Bonchev–Trinajstić information content (AvgIpc) is 2.58. The minimum absolute atomic E-state index is 0.0589. The van der Waals surface area contributed by atoms with Crippen LogP contribution in [0.5, 0.6) is 0 Å².